The first-order chi connectivity index (χ1) is 11.2. The molecule has 23 heavy (non-hydrogen) atoms. The summed E-state index contributed by atoms with van der Waals surface area (Å²) in [5, 5.41) is 16.7. The molecule has 0 saturated heterocycles. The second kappa shape index (κ2) is 6.62. The van der Waals surface area contributed by atoms with Crippen LogP contribution < -0.4 is 5.32 Å². The van der Waals surface area contributed by atoms with E-state index < -0.39 is 5.91 Å². The molecule has 7 heteroatoms. The summed E-state index contributed by atoms with van der Waals surface area (Å²) in [5.41, 5.74) is 2.08. The number of amides is 1. The summed E-state index contributed by atoms with van der Waals surface area (Å²) < 4.78 is 5.01. The number of benzene rings is 1. The largest absolute Gasteiger partial charge is 0.394 e. The zero-order chi connectivity index (χ0) is 16.2. The predicted molar refractivity (Wildman–Crippen MR) is 84.0 cm³/mol. The number of aliphatic hydroxyl groups is 1. The highest BCUT2D eigenvalue weighted by Gasteiger charge is 2.18. The molecule has 3 aromatic rings. The summed E-state index contributed by atoms with van der Waals surface area (Å²) >= 11 is 0. The minimum Gasteiger partial charge on any atom is -0.394 e. The van der Waals surface area contributed by atoms with Crippen LogP contribution in [0.3, 0.4) is 0 Å². The highest BCUT2D eigenvalue weighted by Crippen LogP contribution is 2.19. The molecule has 3 rings (SSSR count). The summed E-state index contributed by atoms with van der Waals surface area (Å²) in [6.07, 6.45) is 3.00. The number of aromatic amines is 1. The van der Waals surface area contributed by atoms with Gasteiger partial charge >= 0.3 is 11.8 Å². The highest BCUT2D eigenvalue weighted by molar-refractivity contribution is 5.89. The maximum absolute atomic E-state index is 12.0. The molecule has 2 aromatic heterocycles. The molecule has 1 amide bonds. The van der Waals surface area contributed by atoms with Gasteiger partial charge in [0, 0.05) is 23.5 Å². The Balaban J connectivity index is 1.73. The van der Waals surface area contributed by atoms with Gasteiger partial charge in [-0.05, 0) is 18.1 Å². The molecule has 3 N–H and O–H groups in total. The van der Waals surface area contributed by atoms with Gasteiger partial charge in [0.25, 0.3) is 0 Å². The molecule has 0 unspecified atom stereocenters. The van der Waals surface area contributed by atoms with Crippen LogP contribution in [0.15, 0.2) is 35.0 Å². The number of fused-ring (bicyclic) bond motifs is 1. The Morgan fingerprint density at radius 2 is 2.26 bits per heavy atom. The molecule has 0 fully saturated rings. The molecule has 1 atom stereocenters. The monoisotopic (exact) mass is 314 g/mol. The number of carbonyl (C=O) groups excluding carboxylic acids is 1. The van der Waals surface area contributed by atoms with E-state index in [1.807, 2.05) is 37.4 Å². The van der Waals surface area contributed by atoms with Crippen molar-refractivity contribution in [3.8, 4) is 0 Å². The van der Waals surface area contributed by atoms with Crippen molar-refractivity contribution in [3.05, 3.63) is 47.7 Å². The second-order valence-corrected chi connectivity index (χ2v) is 5.31. The van der Waals surface area contributed by atoms with Crippen LogP contribution in [0.2, 0.25) is 0 Å². The van der Waals surface area contributed by atoms with Gasteiger partial charge in [-0.2, -0.15) is 4.98 Å². The lowest BCUT2D eigenvalue weighted by Crippen LogP contribution is -2.37. The summed E-state index contributed by atoms with van der Waals surface area (Å²) in [6, 6.07) is 7.63. The summed E-state index contributed by atoms with van der Waals surface area (Å²) in [7, 11) is 0. The van der Waals surface area contributed by atoms with Gasteiger partial charge in [-0.3, -0.25) is 4.79 Å². The topological polar surface area (TPSA) is 104 Å². The van der Waals surface area contributed by atoms with Crippen LogP contribution in [0.1, 0.15) is 35.4 Å². The fourth-order valence-corrected chi connectivity index (χ4v) is 2.39. The fourth-order valence-electron chi connectivity index (χ4n) is 2.39. The average molecular weight is 314 g/mol. The van der Waals surface area contributed by atoms with Crippen molar-refractivity contribution in [3.63, 3.8) is 0 Å². The van der Waals surface area contributed by atoms with E-state index in [4.69, 9.17) is 9.63 Å². The highest BCUT2D eigenvalue weighted by atomic mass is 16.5. The van der Waals surface area contributed by atoms with E-state index in [2.05, 4.69) is 20.4 Å². The van der Waals surface area contributed by atoms with Crippen molar-refractivity contribution < 1.29 is 14.4 Å². The molecule has 0 bridgehead atoms. The summed E-state index contributed by atoms with van der Waals surface area (Å²) in [4.78, 5) is 19.3. The van der Waals surface area contributed by atoms with Gasteiger partial charge < -0.3 is 19.9 Å². The first kappa shape index (κ1) is 15.2. The van der Waals surface area contributed by atoms with Crippen LogP contribution >= 0.6 is 0 Å². The molecule has 2 heterocycles. The minimum absolute atomic E-state index is 0.0910. The average Bonchev–Trinajstić information content (AvgIpc) is 3.20. The Morgan fingerprint density at radius 3 is 3.04 bits per heavy atom. The van der Waals surface area contributed by atoms with E-state index in [0.29, 0.717) is 18.7 Å². The number of para-hydroxylation sites is 1. The smallest absolute Gasteiger partial charge is 0.315 e. The third-order valence-corrected chi connectivity index (χ3v) is 3.73. The molecular weight excluding hydrogens is 296 g/mol. The first-order valence-electron chi connectivity index (χ1n) is 7.50. The van der Waals surface area contributed by atoms with Crippen molar-refractivity contribution in [1.82, 2.24) is 20.4 Å². The van der Waals surface area contributed by atoms with Gasteiger partial charge in [-0.25, -0.2) is 0 Å². The lowest BCUT2D eigenvalue weighted by Gasteiger charge is -2.11. The number of hydrogen-bond donors (Lipinski definition) is 3. The molecule has 120 valence electrons. The number of hydrogen-bond acceptors (Lipinski definition) is 5. The zero-order valence-electron chi connectivity index (χ0n) is 12.7. The Morgan fingerprint density at radius 1 is 1.43 bits per heavy atom. The molecule has 7 nitrogen and oxygen atoms in total. The number of carbonyl (C=O) groups is 1. The van der Waals surface area contributed by atoms with Gasteiger partial charge in [0.05, 0.1) is 12.6 Å². The van der Waals surface area contributed by atoms with Gasteiger partial charge in [0.1, 0.15) is 0 Å². The normalized spacial score (nSPS) is 12.4. The van der Waals surface area contributed by atoms with Gasteiger partial charge in [0.15, 0.2) is 5.82 Å². The Labute approximate surface area is 132 Å². The van der Waals surface area contributed by atoms with Crippen molar-refractivity contribution in [2.24, 2.45) is 0 Å². The van der Waals surface area contributed by atoms with E-state index in [1.165, 1.54) is 0 Å². The third kappa shape index (κ3) is 3.24. The number of rotatable bonds is 6. The molecule has 0 spiro atoms. The number of aliphatic hydroxyl groups excluding tert-OH is 1. The minimum atomic E-state index is -0.469. The van der Waals surface area contributed by atoms with Crippen molar-refractivity contribution in [2.75, 3.05) is 6.61 Å². The second-order valence-electron chi connectivity index (χ2n) is 5.31. The van der Waals surface area contributed by atoms with E-state index in [9.17, 15) is 4.79 Å². The standard InChI is InChI=1S/C16H18N4O3/c1-2-11(9-21)18-15(22)16-19-14(20-23-16)7-10-8-17-13-6-4-3-5-12(10)13/h3-6,8,11,17,21H,2,7,9H2,1H3,(H,18,22)/t11-/m0/s1. The van der Waals surface area contributed by atoms with E-state index in [-0.39, 0.29) is 18.5 Å². The Bertz CT molecular complexity index is 804. The molecular formula is C16H18N4O3. The zero-order valence-corrected chi connectivity index (χ0v) is 12.7. The van der Waals surface area contributed by atoms with Gasteiger partial charge in [0.2, 0.25) is 0 Å². The molecule has 0 aliphatic heterocycles. The van der Waals surface area contributed by atoms with E-state index >= 15 is 0 Å². The third-order valence-electron chi connectivity index (χ3n) is 3.73. The molecule has 1 aromatic carbocycles. The maximum Gasteiger partial charge on any atom is 0.315 e. The summed E-state index contributed by atoms with van der Waals surface area (Å²) in [5.74, 6) is -0.118. The lowest BCUT2D eigenvalue weighted by atomic mass is 10.1. The number of H-pyrrole nitrogens is 1. The van der Waals surface area contributed by atoms with E-state index in [0.717, 1.165) is 16.5 Å². The molecule has 0 aliphatic rings. The number of nitrogens with zero attached hydrogens (tertiary/aromatic N) is 2. The molecule has 0 radical (unpaired) electrons. The van der Waals surface area contributed by atoms with Crippen molar-refractivity contribution in [2.45, 2.75) is 25.8 Å². The van der Waals surface area contributed by atoms with Gasteiger partial charge in [-0.1, -0.05) is 30.3 Å². The maximum atomic E-state index is 12.0. The Kier molecular flexibility index (Phi) is 4.38. The fraction of sp³-hybridized carbons (Fsp3) is 0.312. The number of nitrogens with one attached hydrogen (secondary N) is 2. The lowest BCUT2D eigenvalue weighted by molar-refractivity contribution is 0.0870. The first-order valence-corrected chi connectivity index (χ1v) is 7.50. The quantitative estimate of drug-likeness (QED) is 0.641. The van der Waals surface area contributed by atoms with Gasteiger partial charge in [-0.15, -0.1) is 0 Å². The van der Waals surface area contributed by atoms with Crippen LogP contribution in [0, 0.1) is 0 Å². The SMILES string of the molecule is CC[C@@H](CO)NC(=O)c1nc(Cc2c[nH]c3ccccc23)no1. The van der Waals surface area contributed by atoms with Crippen LogP contribution in [0.5, 0.6) is 0 Å². The number of aromatic nitrogens is 3. The Hall–Kier alpha value is -2.67. The summed E-state index contributed by atoms with van der Waals surface area (Å²) in [6.45, 7) is 1.75. The van der Waals surface area contributed by atoms with E-state index in [1.54, 1.807) is 0 Å². The van der Waals surface area contributed by atoms with Crippen molar-refractivity contribution in [1.29, 1.82) is 0 Å². The van der Waals surface area contributed by atoms with Crippen LogP contribution in [-0.2, 0) is 6.42 Å². The van der Waals surface area contributed by atoms with Crippen molar-refractivity contribution >= 4 is 16.8 Å². The predicted octanol–water partition coefficient (Wildman–Crippen LogP) is 1.64. The van der Waals surface area contributed by atoms with Crippen LogP contribution in [-0.4, -0.2) is 38.8 Å². The van der Waals surface area contributed by atoms with Crippen LogP contribution in [0.4, 0.5) is 0 Å². The van der Waals surface area contributed by atoms with Crippen LogP contribution in [0.25, 0.3) is 10.9 Å². The molecule has 0 saturated carbocycles. The molecule has 0 aliphatic carbocycles.